The van der Waals surface area contributed by atoms with Gasteiger partial charge < -0.3 is 10.1 Å². The zero-order chi connectivity index (χ0) is 25.2. The molecule has 0 saturated carbocycles. The van der Waals surface area contributed by atoms with E-state index in [1.54, 1.807) is 72.4 Å². The molecule has 1 fully saturated rings. The molecule has 36 heavy (non-hydrogen) atoms. The van der Waals surface area contributed by atoms with Gasteiger partial charge in [0.1, 0.15) is 12.4 Å². The maximum atomic E-state index is 13.7. The molecule has 5 rings (SSSR count). The first-order chi connectivity index (χ1) is 17.5. The topological polar surface area (TPSA) is 107 Å². The van der Waals surface area contributed by atoms with Crippen LogP contribution in [0.25, 0.3) is 22.8 Å². The van der Waals surface area contributed by atoms with Crippen LogP contribution >= 0.6 is 0 Å². The first-order valence-electron chi connectivity index (χ1n) is 11.4. The Labute approximate surface area is 206 Å². The van der Waals surface area contributed by atoms with Crippen LogP contribution in [-0.4, -0.2) is 44.2 Å². The summed E-state index contributed by atoms with van der Waals surface area (Å²) in [5.41, 5.74) is 2.79. The molecule has 4 aromatic rings. The summed E-state index contributed by atoms with van der Waals surface area (Å²) in [6.07, 6.45) is 2.23. The van der Waals surface area contributed by atoms with Crippen LogP contribution in [0.3, 0.4) is 0 Å². The molecule has 1 N–H and O–H groups in total. The summed E-state index contributed by atoms with van der Waals surface area (Å²) in [6.45, 7) is 1.96. The van der Waals surface area contributed by atoms with Gasteiger partial charge in [0.2, 0.25) is 0 Å². The van der Waals surface area contributed by atoms with Crippen molar-refractivity contribution in [3.8, 4) is 28.8 Å². The number of benzene rings is 2. The number of nitriles is 1. The van der Waals surface area contributed by atoms with Gasteiger partial charge in [0, 0.05) is 6.61 Å². The second-order valence-corrected chi connectivity index (χ2v) is 8.49. The van der Waals surface area contributed by atoms with Crippen LogP contribution in [0.4, 0.5) is 9.18 Å². The maximum Gasteiger partial charge on any atom is 0.341 e. The van der Waals surface area contributed by atoms with E-state index in [-0.39, 0.29) is 6.04 Å². The first-order valence-corrected chi connectivity index (χ1v) is 11.4. The molecule has 0 radical (unpaired) electrons. The van der Waals surface area contributed by atoms with Crippen molar-refractivity contribution in [1.82, 2.24) is 24.2 Å². The zero-order valence-corrected chi connectivity index (χ0v) is 19.5. The molecule has 2 aromatic carbocycles. The molecule has 1 amide bonds. The van der Waals surface area contributed by atoms with E-state index in [1.807, 2.05) is 0 Å². The van der Waals surface area contributed by atoms with Crippen molar-refractivity contribution in [2.75, 3.05) is 13.2 Å². The number of halogens is 1. The summed E-state index contributed by atoms with van der Waals surface area (Å²) in [7, 11) is 0. The number of nitrogens with zero attached hydrogens (tertiary/aromatic N) is 5. The van der Waals surface area contributed by atoms with Gasteiger partial charge >= 0.3 is 11.7 Å². The van der Waals surface area contributed by atoms with E-state index < -0.39 is 18.4 Å². The molecule has 3 heterocycles. The lowest BCUT2D eigenvalue weighted by Crippen LogP contribution is -2.42. The summed E-state index contributed by atoms with van der Waals surface area (Å²) in [6, 6.07) is 16.4. The van der Waals surface area contributed by atoms with Crippen molar-refractivity contribution in [3.05, 3.63) is 88.1 Å². The average Bonchev–Trinajstić information content (AvgIpc) is 3.64. The minimum absolute atomic E-state index is 0.209. The second-order valence-electron chi connectivity index (χ2n) is 8.49. The molecular formula is C26H23FN6O3. The number of imidazole rings is 1. The van der Waals surface area contributed by atoms with Crippen LogP contribution in [0.5, 0.6) is 0 Å². The fourth-order valence-electron chi connectivity index (χ4n) is 4.43. The van der Waals surface area contributed by atoms with Gasteiger partial charge in [0.05, 0.1) is 53.2 Å². The predicted octanol–water partition coefficient (Wildman–Crippen LogP) is 3.49. The van der Waals surface area contributed by atoms with Crippen molar-refractivity contribution in [3.63, 3.8) is 0 Å². The molecule has 1 atom stereocenters. The SMILES string of the molecule is Cc1c(-c2ccnn2-c2ccc(C#N)cc2)n(C(=O)N[C@H]2CCOC2)c(=O)n1-c1cccc(CF)c1. The predicted molar refractivity (Wildman–Crippen MR) is 130 cm³/mol. The van der Waals surface area contributed by atoms with Crippen LogP contribution in [0.1, 0.15) is 23.2 Å². The van der Waals surface area contributed by atoms with Crippen molar-refractivity contribution < 1.29 is 13.9 Å². The number of nitrogens with one attached hydrogen (secondary N) is 1. The standard InChI is InChI=1S/C26H23FN6O3/c1-17-24(23-9-11-29-33(23)21-7-5-18(15-28)6-8-21)32(25(34)30-20-10-12-36-16-20)26(35)31(17)22-4-2-3-19(13-22)14-27/h2-9,11,13,20H,10,12,14,16H2,1H3,(H,30,34)/t20-/m0/s1. The number of ether oxygens (including phenoxy) is 1. The van der Waals surface area contributed by atoms with Crippen LogP contribution in [-0.2, 0) is 11.4 Å². The fourth-order valence-corrected chi connectivity index (χ4v) is 4.43. The number of carbonyl (C=O) groups excluding carboxylic acids is 1. The third-order valence-corrected chi connectivity index (χ3v) is 6.19. The molecule has 0 unspecified atom stereocenters. The van der Waals surface area contributed by atoms with Gasteiger partial charge in [0.15, 0.2) is 0 Å². The Morgan fingerprint density at radius 2 is 2.03 bits per heavy atom. The highest BCUT2D eigenvalue weighted by Gasteiger charge is 2.28. The van der Waals surface area contributed by atoms with Crippen LogP contribution < -0.4 is 11.0 Å². The van der Waals surface area contributed by atoms with Gasteiger partial charge in [-0.05, 0) is 61.4 Å². The van der Waals surface area contributed by atoms with Gasteiger partial charge in [-0.25, -0.2) is 23.2 Å². The van der Waals surface area contributed by atoms with Gasteiger partial charge in [-0.3, -0.25) is 4.57 Å². The lowest BCUT2D eigenvalue weighted by atomic mass is 10.2. The van der Waals surface area contributed by atoms with E-state index in [0.717, 1.165) is 4.57 Å². The molecule has 0 spiro atoms. The number of aromatic nitrogens is 4. The van der Waals surface area contributed by atoms with Crippen molar-refractivity contribution in [2.24, 2.45) is 0 Å². The van der Waals surface area contributed by atoms with Gasteiger partial charge in [-0.1, -0.05) is 12.1 Å². The fraction of sp³-hybridized carbons (Fsp3) is 0.231. The lowest BCUT2D eigenvalue weighted by molar-refractivity contribution is 0.188. The normalized spacial score (nSPS) is 15.1. The van der Waals surface area contributed by atoms with E-state index in [1.165, 1.54) is 4.57 Å². The molecular weight excluding hydrogens is 463 g/mol. The van der Waals surface area contributed by atoms with Gasteiger partial charge in [-0.15, -0.1) is 0 Å². The highest BCUT2D eigenvalue weighted by molar-refractivity contribution is 5.83. The maximum absolute atomic E-state index is 13.7. The highest BCUT2D eigenvalue weighted by Crippen LogP contribution is 2.27. The van der Waals surface area contributed by atoms with Gasteiger partial charge in [0.25, 0.3) is 0 Å². The minimum atomic E-state index is -0.678. The molecule has 0 bridgehead atoms. The van der Waals surface area contributed by atoms with Crippen molar-refractivity contribution >= 4 is 6.03 Å². The Hall–Kier alpha value is -4.49. The van der Waals surface area contributed by atoms with E-state index in [9.17, 15) is 14.0 Å². The minimum Gasteiger partial charge on any atom is -0.379 e. The summed E-state index contributed by atoms with van der Waals surface area (Å²) >= 11 is 0. The van der Waals surface area contributed by atoms with Crippen LogP contribution in [0, 0.1) is 18.3 Å². The Morgan fingerprint density at radius 1 is 1.22 bits per heavy atom. The number of hydrogen-bond donors (Lipinski definition) is 1. The van der Waals surface area contributed by atoms with Crippen LogP contribution in [0.15, 0.2) is 65.6 Å². The number of alkyl halides is 1. The smallest absolute Gasteiger partial charge is 0.341 e. The number of rotatable bonds is 5. The first kappa shape index (κ1) is 23.3. The molecule has 1 aliphatic rings. The monoisotopic (exact) mass is 486 g/mol. The molecule has 10 heteroatoms. The van der Waals surface area contributed by atoms with E-state index in [0.29, 0.717) is 59.2 Å². The molecule has 1 saturated heterocycles. The number of carbonyl (C=O) groups is 1. The Balaban J connectivity index is 1.70. The second kappa shape index (κ2) is 9.64. The molecule has 182 valence electrons. The summed E-state index contributed by atoms with van der Waals surface area (Å²) in [5.74, 6) is 0. The number of amides is 1. The molecule has 1 aliphatic heterocycles. The summed E-state index contributed by atoms with van der Waals surface area (Å²) in [4.78, 5) is 27.2. The van der Waals surface area contributed by atoms with E-state index in [4.69, 9.17) is 10.00 Å². The largest absolute Gasteiger partial charge is 0.379 e. The zero-order valence-electron chi connectivity index (χ0n) is 19.5. The Kier molecular flexibility index (Phi) is 6.23. The van der Waals surface area contributed by atoms with Gasteiger partial charge in [-0.2, -0.15) is 10.4 Å². The molecule has 9 nitrogen and oxygen atoms in total. The summed E-state index contributed by atoms with van der Waals surface area (Å²) < 4.78 is 22.8. The summed E-state index contributed by atoms with van der Waals surface area (Å²) in [5, 5.41) is 16.4. The van der Waals surface area contributed by atoms with Crippen LogP contribution in [0.2, 0.25) is 0 Å². The third kappa shape index (κ3) is 4.10. The quantitative estimate of drug-likeness (QED) is 0.465. The van der Waals surface area contributed by atoms with Crippen molar-refractivity contribution in [2.45, 2.75) is 26.1 Å². The number of hydrogen-bond acceptors (Lipinski definition) is 5. The van der Waals surface area contributed by atoms with Crippen molar-refractivity contribution in [1.29, 1.82) is 5.26 Å². The van der Waals surface area contributed by atoms with E-state index in [2.05, 4.69) is 16.5 Å². The van der Waals surface area contributed by atoms with E-state index >= 15 is 0 Å². The Bertz CT molecular complexity index is 1520. The highest BCUT2D eigenvalue weighted by atomic mass is 19.1. The molecule has 2 aromatic heterocycles. The molecule has 0 aliphatic carbocycles. The lowest BCUT2D eigenvalue weighted by Gasteiger charge is -2.14. The Morgan fingerprint density at radius 3 is 2.72 bits per heavy atom. The average molecular weight is 487 g/mol. The third-order valence-electron chi connectivity index (χ3n) is 6.19.